The second-order valence-electron chi connectivity index (χ2n) is 6.74. The van der Waals surface area contributed by atoms with E-state index in [1.165, 1.54) is 0 Å². The molecule has 0 radical (unpaired) electrons. The maximum Gasteiger partial charge on any atom is 0.241 e. The predicted molar refractivity (Wildman–Crippen MR) is 101 cm³/mol. The zero-order valence-electron chi connectivity index (χ0n) is 14.8. The highest BCUT2D eigenvalue weighted by Crippen LogP contribution is 2.19. The Kier molecular flexibility index (Phi) is 5.74. The van der Waals surface area contributed by atoms with E-state index in [0.717, 1.165) is 24.0 Å². The van der Waals surface area contributed by atoms with E-state index in [-0.39, 0.29) is 16.8 Å². The smallest absolute Gasteiger partial charge is 0.241 e. The first-order valence-electron chi connectivity index (χ1n) is 8.89. The number of carbonyl (C=O) groups excluding carboxylic acids is 1. The summed E-state index contributed by atoms with van der Waals surface area (Å²) in [5, 5.41) is 2.95. The minimum Gasteiger partial charge on any atom is -0.353 e. The van der Waals surface area contributed by atoms with Gasteiger partial charge in [-0.1, -0.05) is 42.5 Å². The normalized spacial score (nSPS) is 15.4. The molecule has 0 aliphatic heterocycles. The third-order valence-electron chi connectivity index (χ3n) is 4.45. The van der Waals surface area contributed by atoms with Gasteiger partial charge in [0.15, 0.2) is 0 Å². The van der Waals surface area contributed by atoms with Crippen molar-refractivity contribution in [1.29, 1.82) is 0 Å². The van der Waals surface area contributed by atoms with E-state index in [2.05, 4.69) is 10.0 Å². The Morgan fingerprint density at radius 3 is 2.35 bits per heavy atom. The van der Waals surface area contributed by atoms with E-state index in [1.54, 1.807) is 24.3 Å². The first kappa shape index (κ1) is 18.6. The van der Waals surface area contributed by atoms with Crippen molar-refractivity contribution in [2.75, 3.05) is 0 Å². The molecule has 6 heteroatoms. The molecular formula is C20H24N2O3S. The van der Waals surface area contributed by atoms with Crippen LogP contribution in [0.5, 0.6) is 0 Å². The van der Waals surface area contributed by atoms with Crippen LogP contribution in [0.2, 0.25) is 0 Å². The van der Waals surface area contributed by atoms with E-state index in [0.29, 0.717) is 18.9 Å². The molecule has 0 unspecified atom stereocenters. The van der Waals surface area contributed by atoms with Crippen molar-refractivity contribution < 1.29 is 13.2 Å². The summed E-state index contributed by atoms with van der Waals surface area (Å²) in [4.78, 5) is 12.0. The van der Waals surface area contributed by atoms with Gasteiger partial charge in [-0.05, 0) is 49.4 Å². The van der Waals surface area contributed by atoms with Gasteiger partial charge >= 0.3 is 0 Å². The van der Waals surface area contributed by atoms with Crippen LogP contribution < -0.4 is 10.0 Å². The molecule has 3 rings (SSSR count). The van der Waals surface area contributed by atoms with Crippen LogP contribution in [0.25, 0.3) is 0 Å². The number of nitrogens with one attached hydrogen (secondary N) is 2. The van der Waals surface area contributed by atoms with Crippen LogP contribution in [0.4, 0.5) is 0 Å². The molecule has 138 valence electrons. The monoisotopic (exact) mass is 372 g/mol. The minimum absolute atomic E-state index is 0.0579. The van der Waals surface area contributed by atoms with Crippen LogP contribution in [0.15, 0.2) is 59.5 Å². The Hall–Kier alpha value is -2.18. The summed E-state index contributed by atoms with van der Waals surface area (Å²) in [5.74, 6) is 0.0579. The lowest BCUT2D eigenvalue weighted by atomic mass is 10.1. The van der Waals surface area contributed by atoms with Gasteiger partial charge in [0.2, 0.25) is 15.9 Å². The van der Waals surface area contributed by atoms with Crippen LogP contribution in [0.1, 0.15) is 43.4 Å². The maximum absolute atomic E-state index is 12.5. The third-order valence-corrected chi connectivity index (χ3v) is 6.00. The second kappa shape index (κ2) is 8.01. The Labute approximate surface area is 154 Å². The molecule has 0 heterocycles. The molecular weight excluding hydrogens is 348 g/mol. The van der Waals surface area contributed by atoms with Crippen molar-refractivity contribution in [2.24, 2.45) is 0 Å². The quantitative estimate of drug-likeness (QED) is 0.748. The van der Waals surface area contributed by atoms with Gasteiger partial charge in [0.1, 0.15) is 0 Å². The number of amides is 1. The van der Waals surface area contributed by atoms with E-state index in [1.807, 2.05) is 37.3 Å². The third kappa shape index (κ3) is 5.16. The molecule has 5 nitrogen and oxygen atoms in total. The molecule has 0 spiro atoms. The fourth-order valence-corrected chi connectivity index (χ4v) is 3.96. The lowest BCUT2D eigenvalue weighted by molar-refractivity contribution is -0.121. The molecule has 1 aliphatic rings. The van der Waals surface area contributed by atoms with Crippen LogP contribution in [-0.4, -0.2) is 20.4 Å². The molecule has 2 aromatic rings. The average Bonchev–Trinajstić information content (AvgIpc) is 3.44. The van der Waals surface area contributed by atoms with Gasteiger partial charge in [0.05, 0.1) is 4.90 Å². The van der Waals surface area contributed by atoms with Crippen molar-refractivity contribution >= 4 is 15.9 Å². The van der Waals surface area contributed by atoms with Gasteiger partial charge < -0.3 is 5.32 Å². The fraction of sp³-hybridized carbons (Fsp3) is 0.350. The highest BCUT2D eigenvalue weighted by Gasteiger charge is 2.23. The summed E-state index contributed by atoms with van der Waals surface area (Å²) in [5.41, 5.74) is 1.86. The van der Waals surface area contributed by atoms with E-state index >= 15 is 0 Å². The summed E-state index contributed by atoms with van der Waals surface area (Å²) < 4.78 is 27.8. The van der Waals surface area contributed by atoms with E-state index in [9.17, 15) is 13.2 Å². The summed E-state index contributed by atoms with van der Waals surface area (Å²) in [6, 6.07) is 16.2. The lowest BCUT2D eigenvalue weighted by Gasteiger charge is -2.15. The van der Waals surface area contributed by atoms with Gasteiger partial charge in [-0.2, -0.15) is 0 Å². The largest absolute Gasteiger partial charge is 0.353 e. The first-order chi connectivity index (χ1) is 12.4. The van der Waals surface area contributed by atoms with Crippen LogP contribution in [0.3, 0.4) is 0 Å². The highest BCUT2D eigenvalue weighted by molar-refractivity contribution is 7.89. The Morgan fingerprint density at radius 2 is 1.73 bits per heavy atom. The Balaban J connectivity index is 1.58. The first-order valence-corrected chi connectivity index (χ1v) is 10.4. The topological polar surface area (TPSA) is 75.3 Å². The maximum atomic E-state index is 12.5. The number of aryl methyl sites for hydroxylation is 1. The van der Waals surface area contributed by atoms with Gasteiger partial charge in [0, 0.05) is 18.5 Å². The molecule has 0 bridgehead atoms. The lowest BCUT2D eigenvalue weighted by Crippen LogP contribution is -2.27. The number of hydrogen-bond donors (Lipinski definition) is 2. The Morgan fingerprint density at radius 1 is 1.08 bits per heavy atom. The van der Waals surface area contributed by atoms with Crippen LogP contribution in [0, 0.1) is 0 Å². The summed E-state index contributed by atoms with van der Waals surface area (Å²) in [7, 11) is -3.59. The van der Waals surface area contributed by atoms with Gasteiger partial charge in [-0.3, -0.25) is 4.79 Å². The molecule has 26 heavy (non-hydrogen) atoms. The molecule has 1 aliphatic carbocycles. The minimum atomic E-state index is -3.59. The van der Waals surface area contributed by atoms with Crippen molar-refractivity contribution in [3.63, 3.8) is 0 Å². The van der Waals surface area contributed by atoms with Crippen molar-refractivity contribution in [3.05, 3.63) is 65.7 Å². The number of benzene rings is 2. The number of carbonyl (C=O) groups is 1. The summed E-state index contributed by atoms with van der Waals surface area (Å²) in [6.07, 6.45) is 3.18. The molecule has 1 amide bonds. The van der Waals surface area contributed by atoms with E-state index in [4.69, 9.17) is 0 Å². The molecule has 2 aromatic carbocycles. The summed E-state index contributed by atoms with van der Waals surface area (Å²) >= 11 is 0. The van der Waals surface area contributed by atoms with Gasteiger partial charge in [0.25, 0.3) is 0 Å². The molecule has 1 saturated carbocycles. The Bertz CT molecular complexity index is 844. The highest BCUT2D eigenvalue weighted by atomic mass is 32.2. The standard InChI is InChI=1S/C20H24N2O3S/c1-15(17-5-3-2-4-6-17)22-26(24,25)19-12-7-16(8-13-19)9-14-20(23)21-18-10-11-18/h2-8,12-13,15,18,22H,9-11,14H2,1H3,(H,21,23)/t15-/m1/s1. The zero-order chi connectivity index (χ0) is 18.6. The predicted octanol–water partition coefficient (Wildman–Crippen LogP) is 2.94. The molecule has 0 aromatic heterocycles. The fourth-order valence-electron chi connectivity index (χ4n) is 2.73. The average molecular weight is 372 g/mol. The number of rotatable bonds is 8. The summed E-state index contributed by atoms with van der Waals surface area (Å²) in [6.45, 7) is 1.82. The van der Waals surface area contributed by atoms with Crippen molar-refractivity contribution in [2.45, 2.75) is 49.6 Å². The molecule has 1 atom stereocenters. The molecule has 2 N–H and O–H groups in total. The van der Waals surface area contributed by atoms with Crippen molar-refractivity contribution in [1.82, 2.24) is 10.0 Å². The number of sulfonamides is 1. The van der Waals surface area contributed by atoms with E-state index < -0.39 is 10.0 Å². The van der Waals surface area contributed by atoms with Gasteiger partial charge in [-0.15, -0.1) is 0 Å². The van der Waals surface area contributed by atoms with Crippen molar-refractivity contribution in [3.8, 4) is 0 Å². The SMILES string of the molecule is C[C@@H](NS(=O)(=O)c1ccc(CCC(=O)NC2CC2)cc1)c1ccccc1. The zero-order valence-corrected chi connectivity index (χ0v) is 15.6. The molecule has 0 saturated heterocycles. The number of hydrogen-bond acceptors (Lipinski definition) is 3. The molecule has 1 fully saturated rings. The van der Waals surface area contributed by atoms with Crippen LogP contribution in [-0.2, 0) is 21.2 Å². The van der Waals surface area contributed by atoms with Crippen LogP contribution >= 0.6 is 0 Å². The second-order valence-corrected chi connectivity index (χ2v) is 8.45. The van der Waals surface area contributed by atoms with Gasteiger partial charge in [-0.25, -0.2) is 13.1 Å².